The maximum Gasteiger partial charge on any atom is 0.251 e. The van der Waals surface area contributed by atoms with Gasteiger partial charge in [-0.2, -0.15) is 0 Å². The molecule has 3 rings (SSSR count). The van der Waals surface area contributed by atoms with Crippen LogP contribution in [0.15, 0.2) is 36.4 Å². The summed E-state index contributed by atoms with van der Waals surface area (Å²) in [6.07, 6.45) is 1.64. The summed E-state index contributed by atoms with van der Waals surface area (Å²) in [7, 11) is 0. The van der Waals surface area contributed by atoms with Gasteiger partial charge in [-0.25, -0.2) is 4.39 Å². The minimum atomic E-state index is -0.458. The van der Waals surface area contributed by atoms with Crippen LogP contribution in [0.1, 0.15) is 36.2 Å². The second-order valence-electron chi connectivity index (χ2n) is 7.13. The van der Waals surface area contributed by atoms with E-state index in [1.54, 1.807) is 0 Å². The molecule has 0 atom stereocenters. The van der Waals surface area contributed by atoms with E-state index in [1.807, 2.05) is 36.9 Å². The fourth-order valence-corrected chi connectivity index (χ4v) is 3.59. The average Bonchev–Trinajstić information content (AvgIpc) is 2.63. The summed E-state index contributed by atoms with van der Waals surface area (Å²) in [5, 5.41) is 5.80. The van der Waals surface area contributed by atoms with Gasteiger partial charge in [0.05, 0.1) is 17.3 Å². The van der Waals surface area contributed by atoms with E-state index in [1.165, 1.54) is 12.1 Å². The molecule has 0 unspecified atom stereocenters. The number of anilines is 2. The molecule has 2 N–H and O–H groups in total. The standard InChI is InChI=1S/C21H23ClFN3O2/c1-13(2)24-21(28)16-5-3-7-19-15(16)6-4-10-26(19)12-20(27)25-18-9-8-14(23)11-17(18)22/h3,5,7-9,11,13H,4,6,10,12H2,1-2H3,(H,24,28)(H,25,27). The molecule has 148 valence electrons. The molecule has 28 heavy (non-hydrogen) atoms. The lowest BCUT2D eigenvalue weighted by Gasteiger charge is -2.32. The molecule has 0 spiro atoms. The molecule has 0 bridgehead atoms. The van der Waals surface area contributed by atoms with Gasteiger partial charge in [0, 0.05) is 23.8 Å². The maximum absolute atomic E-state index is 13.2. The van der Waals surface area contributed by atoms with Crippen molar-refractivity contribution < 1.29 is 14.0 Å². The van der Waals surface area contributed by atoms with Crippen molar-refractivity contribution in [2.45, 2.75) is 32.7 Å². The number of carbonyl (C=O) groups is 2. The molecule has 0 aromatic heterocycles. The van der Waals surface area contributed by atoms with Crippen molar-refractivity contribution in [3.05, 3.63) is 58.4 Å². The monoisotopic (exact) mass is 403 g/mol. The van der Waals surface area contributed by atoms with Gasteiger partial charge in [-0.15, -0.1) is 0 Å². The molecular formula is C21H23ClFN3O2. The van der Waals surface area contributed by atoms with E-state index >= 15 is 0 Å². The predicted molar refractivity (Wildman–Crippen MR) is 110 cm³/mol. The first-order chi connectivity index (χ1) is 13.3. The first-order valence-corrected chi connectivity index (χ1v) is 9.65. The van der Waals surface area contributed by atoms with Crippen molar-refractivity contribution >= 4 is 34.8 Å². The van der Waals surface area contributed by atoms with Crippen molar-refractivity contribution in [3.8, 4) is 0 Å². The van der Waals surface area contributed by atoms with E-state index in [4.69, 9.17) is 11.6 Å². The van der Waals surface area contributed by atoms with Crippen molar-refractivity contribution in [2.75, 3.05) is 23.3 Å². The van der Waals surface area contributed by atoms with Crippen LogP contribution in [-0.2, 0) is 11.2 Å². The van der Waals surface area contributed by atoms with E-state index in [9.17, 15) is 14.0 Å². The topological polar surface area (TPSA) is 61.4 Å². The zero-order valence-electron chi connectivity index (χ0n) is 15.9. The van der Waals surface area contributed by atoms with E-state index < -0.39 is 5.82 Å². The Kier molecular flexibility index (Phi) is 6.19. The Morgan fingerprint density at radius 2 is 2.04 bits per heavy atom. The molecule has 2 aromatic rings. The Morgan fingerprint density at radius 3 is 2.75 bits per heavy atom. The summed E-state index contributed by atoms with van der Waals surface area (Å²) in [6.45, 7) is 4.68. The molecule has 1 heterocycles. The number of halogens is 2. The SMILES string of the molecule is CC(C)NC(=O)c1cccc2c1CCCN2CC(=O)Nc1ccc(F)cc1Cl. The minimum Gasteiger partial charge on any atom is -0.362 e. The molecule has 1 aliphatic rings. The van der Waals surface area contributed by atoms with Crippen molar-refractivity contribution in [2.24, 2.45) is 0 Å². The highest BCUT2D eigenvalue weighted by Gasteiger charge is 2.24. The number of hydrogen-bond donors (Lipinski definition) is 2. The smallest absolute Gasteiger partial charge is 0.251 e. The number of nitrogens with zero attached hydrogens (tertiary/aromatic N) is 1. The predicted octanol–water partition coefficient (Wildman–Crippen LogP) is 4.01. The van der Waals surface area contributed by atoms with Crippen molar-refractivity contribution in [1.82, 2.24) is 5.32 Å². The number of nitrogens with one attached hydrogen (secondary N) is 2. The van der Waals surface area contributed by atoms with Crippen LogP contribution in [0.5, 0.6) is 0 Å². The van der Waals surface area contributed by atoms with E-state index in [-0.39, 0.29) is 29.4 Å². The highest BCUT2D eigenvalue weighted by Crippen LogP contribution is 2.30. The summed E-state index contributed by atoms with van der Waals surface area (Å²) in [6, 6.07) is 9.48. The Bertz CT molecular complexity index is 901. The highest BCUT2D eigenvalue weighted by atomic mass is 35.5. The lowest BCUT2D eigenvalue weighted by atomic mass is 9.95. The second-order valence-corrected chi connectivity index (χ2v) is 7.54. The molecule has 0 saturated carbocycles. The molecule has 5 nitrogen and oxygen atoms in total. The van der Waals surface area contributed by atoms with Gasteiger partial charge in [0.2, 0.25) is 5.91 Å². The summed E-state index contributed by atoms with van der Waals surface area (Å²) >= 11 is 5.98. The summed E-state index contributed by atoms with van der Waals surface area (Å²) in [5.74, 6) is -0.810. The van der Waals surface area contributed by atoms with Crippen LogP contribution in [0.3, 0.4) is 0 Å². The lowest BCUT2D eigenvalue weighted by Crippen LogP contribution is -2.38. The van der Waals surface area contributed by atoms with Gasteiger partial charge in [0.1, 0.15) is 5.82 Å². The van der Waals surface area contributed by atoms with Crippen molar-refractivity contribution in [1.29, 1.82) is 0 Å². The number of benzene rings is 2. The van der Waals surface area contributed by atoms with E-state index in [0.29, 0.717) is 17.8 Å². The van der Waals surface area contributed by atoms with Crippen molar-refractivity contribution in [3.63, 3.8) is 0 Å². The fourth-order valence-electron chi connectivity index (χ4n) is 3.37. The zero-order valence-corrected chi connectivity index (χ0v) is 16.6. The molecule has 0 radical (unpaired) electrons. The summed E-state index contributed by atoms with van der Waals surface area (Å²) < 4.78 is 13.2. The van der Waals surface area contributed by atoms with Gasteiger partial charge in [-0.1, -0.05) is 17.7 Å². The van der Waals surface area contributed by atoms with Gasteiger partial charge in [-0.05, 0) is 62.6 Å². The lowest BCUT2D eigenvalue weighted by molar-refractivity contribution is -0.115. The van der Waals surface area contributed by atoms with Crippen LogP contribution >= 0.6 is 11.6 Å². The van der Waals surface area contributed by atoms with Crippen LogP contribution in [0, 0.1) is 5.82 Å². The largest absolute Gasteiger partial charge is 0.362 e. The molecule has 0 aliphatic carbocycles. The number of fused-ring (bicyclic) bond motifs is 1. The Labute approximate surface area is 168 Å². The summed E-state index contributed by atoms with van der Waals surface area (Å²) in [4.78, 5) is 27.0. The van der Waals surface area contributed by atoms with Gasteiger partial charge in [0.15, 0.2) is 0 Å². The minimum absolute atomic E-state index is 0.0503. The molecule has 7 heteroatoms. The number of carbonyl (C=O) groups excluding carboxylic acids is 2. The second kappa shape index (κ2) is 8.61. The molecule has 2 amide bonds. The third kappa shape index (κ3) is 4.62. The van der Waals surface area contributed by atoms with Crippen LogP contribution < -0.4 is 15.5 Å². The number of amides is 2. The molecule has 2 aromatic carbocycles. The molecular weight excluding hydrogens is 381 g/mol. The van der Waals surface area contributed by atoms with Gasteiger partial charge >= 0.3 is 0 Å². The first kappa shape index (κ1) is 20.1. The Balaban J connectivity index is 1.77. The molecule has 0 fully saturated rings. The molecule has 0 saturated heterocycles. The zero-order chi connectivity index (χ0) is 20.3. The Morgan fingerprint density at radius 1 is 1.25 bits per heavy atom. The average molecular weight is 404 g/mol. The fraction of sp³-hybridized carbons (Fsp3) is 0.333. The van der Waals surface area contributed by atoms with Gasteiger partial charge in [-0.3, -0.25) is 9.59 Å². The van der Waals surface area contributed by atoms with Crippen LogP contribution in [0.2, 0.25) is 5.02 Å². The quantitative estimate of drug-likeness (QED) is 0.793. The molecule has 1 aliphatic heterocycles. The Hall–Kier alpha value is -2.60. The van der Waals surface area contributed by atoms with E-state index in [2.05, 4.69) is 10.6 Å². The number of rotatable bonds is 5. The van der Waals surface area contributed by atoms with Gasteiger partial charge < -0.3 is 15.5 Å². The normalized spacial score (nSPS) is 13.2. The van der Waals surface area contributed by atoms with Gasteiger partial charge in [0.25, 0.3) is 5.91 Å². The van der Waals surface area contributed by atoms with Crippen LogP contribution in [0.4, 0.5) is 15.8 Å². The third-order valence-corrected chi connectivity index (χ3v) is 4.86. The first-order valence-electron chi connectivity index (χ1n) is 9.27. The third-order valence-electron chi connectivity index (χ3n) is 4.55. The maximum atomic E-state index is 13.2. The van der Waals surface area contributed by atoms with Crippen LogP contribution in [0.25, 0.3) is 0 Å². The number of hydrogen-bond acceptors (Lipinski definition) is 3. The van der Waals surface area contributed by atoms with Crippen LogP contribution in [-0.4, -0.2) is 30.9 Å². The van der Waals surface area contributed by atoms with E-state index in [0.717, 1.165) is 30.2 Å². The highest BCUT2D eigenvalue weighted by molar-refractivity contribution is 6.33. The summed E-state index contributed by atoms with van der Waals surface area (Å²) in [5.41, 5.74) is 2.87.